The minimum Gasteiger partial charge on any atom is -0.497 e. The summed E-state index contributed by atoms with van der Waals surface area (Å²) in [5.41, 5.74) is 2.78. The smallest absolute Gasteiger partial charge is 0.225 e. The number of methoxy groups -OCH3 is 1. The van der Waals surface area contributed by atoms with Crippen molar-refractivity contribution in [2.75, 3.05) is 25.1 Å². The molecule has 1 aliphatic rings. The number of aromatic nitrogens is 4. The first-order valence-electron chi connectivity index (χ1n) is 12.6. The molecular formula is C29H30FN5O2. The molecule has 1 aliphatic heterocycles. The summed E-state index contributed by atoms with van der Waals surface area (Å²) in [7, 11) is 1.64. The van der Waals surface area contributed by atoms with Crippen LogP contribution in [0.2, 0.25) is 0 Å². The lowest BCUT2D eigenvalue weighted by Gasteiger charge is -2.31. The maximum absolute atomic E-state index is 13.1. The minimum atomic E-state index is -0.429. The van der Waals surface area contributed by atoms with Crippen LogP contribution in [0.15, 0.2) is 73.2 Å². The maximum Gasteiger partial charge on any atom is 0.225 e. The summed E-state index contributed by atoms with van der Waals surface area (Å²) in [4.78, 5) is 28.1. The van der Waals surface area contributed by atoms with Gasteiger partial charge in [0, 0.05) is 37.0 Å². The summed E-state index contributed by atoms with van der Waals surface area (Å²) < 4.78 is 20.4. The molecular weight excluding hydrogens is 469 g/mol. The Morgan fingerprint density at radius 1 is 1.03 bits per heavy atom. The van der Waals surface area contributed by atoms with Crippen LogP contribution in [0.1, 0.15) is 31.5 Å². The number of para-hydroxylation sites is 1. The van der Waals surface area contributed by atoms with Gasteiger partial charge in [-0.15, -0.1) is 0 Å². The number of hydrogen-bond acceptors (Lipinski definition) is 6. The SMILES string of the molecule is COc1ccc(-c2cn(-c3ccccc3)c(CC(=O)CCC3CCN(c4ncc(F)cn4)CC3)n2)cc1. The van der Waals surface area contributed by atoms with Crippen molar-refractivity contribution in [2.45, 2.75) is 32.1 Å². The average Bonchev–Trinajstić information content (AvgIpc) is 3.37. The first-order valence-corrected chi connectivity index (χ1v) is 12.6. The van der Waals surface area contributed by atoms with E-state index in [4.69, 9.17) is 9.72 Å². The monoisotopic (exact) mass is 499 g/mol. The highest BCUT2D eigenvalue weighted by atomic mass is 19.1. The maximum atomic E-state index is 13.1. The fourth-order valence-corrected chi connectivity index (χ4v) is 4.78. The molecule has 7 nitrogen and oxygen atoms in total. The molecule has 0 N–H and O–H groups in total. The molecule has 0 spiro atoms. The van der Waals surface area contributed by atoms with E-state index in [0.717, 1.165) is 60.9 Å². The number of carbonyl (C=O) groups is 1. The van der Waals surface area contributed by atoms with Crippen molar-refractivity contribution in [3.05, 3.63) is 84.8 Å². The van der Waals surface area contributed by atoms with Crippen LogP contribution in [-0.2, 0) is 11.2 Å². The lowest BCUT2D eigenvalue weighted by Crippen LogP contribution is -2.35. The number of hydrogen-bond donors (Lipinski definition) is 0. The van der Waals surface area contributed by atoms with Crippen LogP contribution < -0.4 is 9.64 Å². The molecule has 4 aromatic rings. The molecule has 5 rings (SSSR count). The largest absolute Gasteiger partial charge is 0.497 e. The summed E-state index contributed by atoms with van der Waals surface area (Å²) >= 11 is 0. The Labute approximate surface area is 216 Å². The number of ether oxygens (including phenoxy) is 1. The van der Waals surface area contributed by atoms with Gasteiger partial charge in [-0.1, -0.05) is 18.2 Å². The van der Waals surface area contributed by atoms with Crippen LogP contribution in [0, 0.1) is 11.7 Å². The van der Waals surface area contributed by atoms with Gasteiger partial charge in [0.25, 0.3) is 0 Å². The Hall–Kier alpha value is -4.07. The second-order valence-electron chi connectivity index (χ2n) is 9.36. The van der Waals surface area contributed by atoms with E-state index in [0.29, 0.717) is 18.3 Å². The van der Waals surface area contributed by atoms with E-state index in [1.54, 1.807) is 7.11 Å². The van der Waals surface area contributed by atoms with Crippen LogP contribution in [-0.4, -0.2) is 45.5 Å². The molecule has 190 valence electrons. The molecule has 3 heterocycles. The highest BCUT2D eigenvalue weighted by Crippen LogP contribution is 2.26. The van der Waals surface area contributed by atoms with E-state index < -0.39 is 5.82 Å². The van der Waals surface area contributed by atoms with Crippen LogP contribution in [0.3, 0.4) is 0 Å². The van der Waals surface area contributed by atoms with Gasteiger partial charge >= 0.3 is 0 Å². The first-order chi connectivity index (χ1) is 18.1. The van der Waals surface area contributed by atoms with Gasteiger partial charge in [-0.25, -0.2) is 19.3 Å². The van der Waals surface area contributed by atoms with Gasteiger partial charge in [-0.2, -0.15) is 0 Å². The van der Waals surface area contributed by atoms with Crippen LogP contribution in [0.4, 0.5) is 10.3 Å². The zero-order valence-electron chi connectivity index (χ0n) is 20.9. The van der Waals surface area contributed by atoms with Crippen molar-refractivity contribution >= 4 is 11.7 Å². The zero-order valence-corrected chi connectivity index (χ0v) is 20.9. The number of carbonyl (C=O) groups excluding carboxylic acids is 1. The standard InChI is InChI=1S/C29H30FN5O2/c1-37-26-11-8-22(9-12-26)27-20-35(24-5-3-2-4-6-24)28(33-27)17-25(36)10-7-21-13-15-34(16-14-21)29-31-18-23(30)19-32-29/h2-6,8-9,11-12,18-21H,7,10,13-17H2,1H3. The number of nitrogens with zero attached hydrogens (tertiary/aromatic N) is 5. The third-order valence-corrected chi connectivity index (χ3v) is 6.89. The number of imidazole rings is 1. The predicted octanol–water partition coefficient (Wildman–Crippen LogP) is 5.29. The third-order valence-electron chi connectivity index (χ3n) is 6.89. The molecule has 2 aromatic heterocycles. The summed E-state index contributed by atoms with van der Waals surface area (Å²) in [6.07, 6.45) is 7.99. The summed E-state index contributed by atoms with van der Waals surface area (Å²) in [5, 5.41) is 0. The molecule has 0 radical (unpaired) electrons. The Kier molecular flexibility index (Phi) is 7.54. The van der Waals surface area contributed by atoms with E-state index in [1.807, 2.05) is 65.4 Å². The van der Waals surface area contributed by atoms with Crippen molar-refractivity contribution in [2.24, 2.45) is 5.92 Å². The highest BCUT2D eigenvalue weighted by Gasteiger charge is 2.22. The van der Waals surface area contributed by atoms with Crippen molar-refractivity contribution in [3.63, 3.8) is 0 Å². The highest BCUT2D eigenvalue weighted by molar-refractivity contribution is 5.80. The average molecular weight is 500 g/mol. The lowest BCUT2D eigenvalue weighted by atomic mass is 9.91. The van der Waals surface area contributed by atoms with Gasteiger partial charge < -0.3 is 14.2 Å². The van der Waals surface area contributed by atoms with E-state index in [2.05, 4.69) is 14.9 Å². The molecule has 0 unspecified atom stereocenters. The molecule has 0 atom stereocenters. The second-order valence-corrected chi connectivity index (χ2v) is 9.36. The number of rotatable bonds is 9. The fraction of sp³-hybridized carbons (Fsp3) is 0.310. The van der Waals surface area contributed by atoms with E-state index in [9.17, 15) is 9.18 Å². The van der Waals surface area contributed by atoms with Crippen LogP contribution in [0.25, 0.3) is 16.9 Å². The molecule has 0 amide bonds. The molecule has 0 aliphatic carbocycles. The van der Waals surface area contributed by atoms with E-state index >= 15 is 0 Å². The van der Waals surface area contributed by atoms with Gasteiger partial charge in [-0.3, -0.25) is 4.79 Å². The van der Waals surface area contributed by atoms with Crippen molar-refractivity contribution in [1.29, 1.82) is 0 Å². The zero-order chi connectivity index (χ0) is 25.6. The fourth-order valence-electron chi connectivity index (χ4n) is 4.78. The van der Waals surface area contributed by atoms with Gasteiger partial charge in [0.1, 0.15) is 17.4 Å². The number of ketones is 1. The molecule has 8 heteroatoms. The minimum absolute atomic E-state index is 0.188. The molecule has 2 aromatic carbocycles. The Morgan fingerprint density at radius 2 is 1.73 bits per heavy atom. The van der Waals surface area contributed by atoms with Gasteiger partial charge in [0.15, 0.2) is 5.82 Å². The Balaban J connectivity index is 1.22. The van der Waals surface area contributed by atoms with Gasteiger partial charge in [-0.05, 0) is 61.6 Å². The first kappa shape index (κ1) is 24.6. The number of halogens is 1. The number of Topliss-reactive ketones (excluding diaryl/α,β-unsaturated/α-hetero) is 1. The van der Waals surface area contributed by atoms with Crippen molar-refractivity contribution in [1.82, 2.24) is 19.5 Å². The molecule has 1 saturated heterocycles. The lowest BCUT2D eigenvalue weighted by molar-refractivity contribution is -0.118. The summed E-state index contributed by atoms with van der Waals surface area (Å²) in [6, 6.07) is 17.8. The van der Waals surface area contributed by atoms with Crippen molar-refractivity contribution in [3.8, 4) is 22.7 Å². The van der Waals surface area contributed by atoms with Crippen molar-refractivity contribution < 1.29 is 13.9 Å². The molecule has 0 saturated carbocycles. The third kappa shape index (κ3) is 6.02. The van der Waals surface area contributed by atoms with Crippen LogP contribution >= 0.6 is 0 Å². The van der Waals surface area contributed by atoms with Gasteiger partial charge in [0.2, 0.25) is 5.95 Å². The number of anilines is 1. The van der Waals surface area contributed by atoms with E-state index in [1.165, 1.54) is 12.4 Å². The van der Waals surface area contributed by atoms with Crippen LogP contribution in [0.5, 0.6) is 5.75 Å². The summed E-state index contributed by atoms with van der Waals surface area (Å²) in [6.45, 7) is 1.63. The molecule has 0 bridgehead atoms. The van der Waals surface area contributed by atoms with E-state index in [-0.39, 0.29) is 12.2 Å². The second kappa shape index (κ2) is 11.3. The normalized spacial score (nSPS) is 14.1. The molecule has 1 fully saturated rings. The predicted molar refractivity (Wildman–Crippen MR) is 140 cm³/mol. The number of piperidine rings is 1. The number of benzene rings is 2. The summed E-state index contributed by atoms with van der Waals surface area (Å²) in [5.74, 6) is 2.33. The quantitative estimate of drug-likeness (QED) is 0.312. The Bertz CT molecular complexity index is 1310. The topological polar surface area (TPSA) is 73.1 Å². The Morgan fingerprint density at radius 3 is 2.41 bits per heavy atom. The molecule has 37 heavy (non-hydrogen) atoms. The van der Waals surface area contributed by atoms with Gasteiger partial charge in [0.05, 0.1) is 31.6 Å².